The Bertz CT molecular complexity index is 635. The highest BCUT2D eigenvalue weighted by atomic mass is 19.1. The molecular formula is C17H18FNO. The molecule has 3 rings (SSSR count). The van der Waals surface area contributed by atoms with Crippen molar-refractivity contribution in [3.05, 3.63) is 58.4 Å². The fraction of sp³-hybridized carbons (Fsp3) is 0.294. The molecule has 1 unspecified atom stereocenters. The van der Waals surface area contributed by atoms with Gasteiger partial charge in [0.15, 0.2) is 0 Å². The quantitative estimate of drug-likeness (QED) is 0.885. The third-order valence-electron chi connectivity index (χ3n) is 4.05. The minimum Gasteiger partial charge on any atom is -0.496 e. The van der Waals surface area contributed by atoms with Crippen LogP contribution in [0, 0.1) is 19.7 Å². The van der Waals surface area contributed by atoms with E-state index < -0.39 is 0 Å². The Hall–Kier alpha value is -2.03. The monoisotopic (exact) mass is 271 g/mol. The molecule has 2 nitrogen and oxygen atoms in total. The number of hydrogen-bond acceptors (Lipinski definition) is 2. The molecule has 0 bridgehead atoms. The van der Waals surface area contributed by atoms with Crippen molar-refractivity contribution in [2.45, 2.75) is 26.3 Å². The molecule has 1 N–H and O–H groups in total. The lowest BCUT2D eigenvalue weighted by molar-refractivity contribution is 0.406. The molecule has 0 aliphatic carbocycles. The van der Waals surface area contributed by atoms with Gasteiger partial charge in [0, 0.05) is 11.3 Å². The van der Waals surface area contributed by atoms with Gasteiger partial charge in [0.1, 0.15) is 11.6 Å². The largest absolute Gasteiger partial charge is 0.496 e. The minimum atomic E-state index is -0.230. The van der Waals surface area contributed by atoms with Gasteiger partial charge in [0.05, 0.1) is 13.2 Å². The summed E-state index contributed by atoms with van der Waals surface area (Å²) in [6, 6.07) is 9.01. The lowest BCUT2D eigenvalue weighted by Crippen LogP contribution is -2.08. The van der Waals surface area contributed by atoms with Crippen LogP contribution >= 0.6 is 0 Å². The Morgan fingerprint density at radius 2 is 1.90 bits per heavy atom. The molecule has 104 valence electrons. The van der Waals surface area contributed by atoms with E-state index in [9.17, 15) is 4.39 Å². The fourth-order valence-corrected chi connectivity index (χ4v) is 2.93. The summed E-state index contributed by atoms with van der Waals surface area (Å²) in [5, 5.41) is 3.52. The van der Waals surface area contributed by atoms with Gasteiger partial charge >= 0.3 is 0 Å². The van der Waals surface area contributed by atoms with Gasteiger partial charge in [0.2, 0.25) is 0 Å². The van der Waals surface area contributed by atoms with Gasteiger partial charge in [-0.15, -0.1) is 0 Å². The maximum atomic E-state index is 13.5. The zero-order valence-electron chi connectivity index (χ0n) is 12.0. The second kappa shape index (κ2) is 4.82. The number of benzene rings is 2. The van der Waals surface area contributed by atoms with Crippen molar-refractivity contribution in [3.8, 4) is 5.75 Å². The van der Waals surface area contributed by atoms with Crippen molar-refractivity contribution in [2.24, 2.45) is 0 Å². The molecule has 0 amide bonds. The number of anilines is 1. The Labute approximate surface area is 118 Å². The van der Waals surface area contributed by atoms with Gasteiger partial charge < -0.3 is 10.1 Å². The van der Waals surface area contributed by atoms with Crippen LogP contribution in [-0.2, 0) is 6.42 Å². The van der Waals surface area contributed by atoms with Crippen molar-refractivity contribution in [1.82, 2.24) is 0 Å². The van der Waals surface area contributed by atoms with Crippen LogP contribution in [0.2, 0.25) is 0 Å². The van der Waals surface area contributed by atoms with Gasteiger partial charge in [-0.3, -0.25) is 0 Å². The van der Waals surface area contributed by atoms with Crippen molar-refractivity contribution in [3.63, 3.8) is 0 Å². The highest BCUT2D eigenvalue weighted by molar-refractivity contribution is 5.66. The fourth-order valence-electron chi connectivity index (χ4n) is 2.93. The minimum absolute atomic E-state index is 0.0652. The van der Waals surface area contributed by atoms with E-state index in [2.05, 4.69) is 31.3 Å². The Kier molecular flexibility index (Phi) is 3.13. The predicted octanol–water partition coefficient (Wildman–Crippen LogP) is 4.16. The molecule has 0 fully saturated rings. The first-order valence-electron chi connectivity index (χ1n) is 6.79. The number of hydrogen-bond donors (Lipinski definition) is 1. The van der Waals surface area contributed by atoms with Gasteiger partial charge in [0.25, 0.3) is 0 Å². The molecule has 0 aromatic heterocycles. The first-order chi connectivity index (χ1) is 9.60. The molecule has 0 saturated heterocycles. The maximum absolute atomic E-state index is 13.5. The predicted molar refractivity (Wildman–Crippen MR) is 78.9 cm³/mol. The zero-order chi connectivity index (χ0) is 14.3. The molecule has 1 atom stereocenters. The van der Waals surface area contributed by atoms with Gasteiger partial charge in [-0.25, -0.2) is 4.39 Å². The molecule has 0 spiro atoms. The average Bonchev–Trinajstić information content (AvgIpc) is 2.89. The van der Waals surface area contributed by atoms with Crippen LogP contribution < -0.4 is 10.1 Å². The van der Waals surface area contributed by atoms with Gasteiger partial charge in [-0.2, -0.15) is 0 Å². The second-order valence-electron chi connectivity index (χ2n) is 5.34. The van der Waals surface area contributed by atoms with E-state index in [0.717, 1.165) is 17.7 Å². The molecule has 20 heavy (non-hydrogen) atoms. The summed E-state index contributed by atoms with van der Waals surface area (Å²) in [5.41, 5.74) is 5.88. The zero-order valence-corrected chi connectivity index (χ0v) is 12.0. The summed E-state index contributed by atoms with van der Waals surface area (Å²) in [4.78, 5) is 0. The number of nitrogens with one attached hydrogen (secondary N) is 1. The van der Waals surface area contributed by atoms with Crippen molar-refractivity contribution in [1.29, 1.82) is 0 Å². The van der Waals surface area contributed by atoms with Crippen LogP contribution in [0.1, 0.15) is 28.3 Å². The highest BCUT2D eigenvalue weighted by Crippen LogP contribution is 2.40. The van der Waals surface area contributed by atoms with E-state index >= 15 is 0 Å². The number of methoxy groups -OCH3 is 1. The van der Waals surface area contributed by atoms with Gasteiger partial charge in [-0.1, -0.05) is 12.1 Å². The smallest absolute Gasteiger partial charge is 0.124 e. The molecule has 2 aromatic carbocycles. The van der Waals surface area contributed by atoms with Crippen LogP contribution in [0.5, 0.6) is 5.75 Å². The van der Waals surface area contributed by atoms with Crippen molar-refractivity contribution >= 4 is 5.69 Å². The number of halogens is 1. The number of aryl methyl sites for hydroxylation is 2. The second-order valence-corrected chi connectivity index (χ2v) is 5.34. The summed E-state index contributed by atoms with van der Waals surface area (Å²) in [5.74, 6) is 0.499. The molecule has 1 aliphatic rings. The van der Waals surface area contributed by atoms with Crippen molar-refractivity contribution in [2.75, 3.05) is 12.4 Å². The number of ether oxygens (including phenoxy) is 1. The Morgan fingerprint density at radius 3 is 2.60 bits per heavy atom. The van der Waals surface area contributed by atoms with Crippen molar-refractivity contribution < 1.29 is 9.13 Å². The summed E-state index contributed by atoms with van der Waals surface area (Å²) in [6.07, 6.45) is 0.864. The molecule has 0 radical (unpaired) electrons. The lowest BCUT2D eigenvalue weighted by Gasteiger charge is -2.16. The standard InChI is InChI=1S/C17H18FNO/c1-10-4-5-11(2)17-13(10)9-15(19-17)14-8-12(18)6-7-16(14)20-3/h4-8,15,19H,9H2,1-3H3. The highest BCUT2D eigenvalue weighted by Gasteiger charge is 2.27. The molecule has 3 heteroatoms. The Morgan fingerprint density at radius 1 is 1.15 bits per heavy atom. The SMILES string of the molecule is COc1ccc(F)cc1C1Cc2c(C)ccc(C)c2N1. The lowest BCUT2D eigenvalue weighted by atomic mass is 9.98. The van der Waals surface area contributed by atoms with Crippen LogP contribution in [0.3, 0.4) is 0 Å². The first-order valence-corrected chi connectivity index (χ1v) is 6.79. The maximum Gasteiger partial charge on any atom is 0.124 e. The third kappa shape index (κ3) is 2.03. The van der Waals surface area contributed by atoms with E-state index in [1.165, 1.54) is 28.4 Å². The Balaban J connectivity index is 2.02. The van der Waals surface area contributed by atoms with E-state index in [1.807, 2.05) is 0 Å². The third-order valence-corrected chi connectivity index (χ3v) is 4.05. The van der Waals surface area contributed by atoms with E-state index in [1.54, 1.807) is 19.2 Å². The summed E-state index contributed by atoms with van der Waals surface area (Å²) in [7, 11) is 1.62. The van der Waals surface area contributed by atoms with E-state index in [0.29, 0.717) is 0 Å². The molecule has 1 aliphatic heterocycles. The van der Waals surface area contributed by atoms with Crippen LogP contribution in [0.4, 0.5) is 10.1 Å². The molecular weight excluding hydrogens is 253 g/mol. The first kappa shape index (κ1) is 13.0. The van der Waals surface area contributed by atoms with E-state index in [-0.39, 0.29) is 11.9 Å². The van der Waals surface area contributed by atoms with E-state index in [4.69, 9.17) is 4.74 Å². The molecule has 2 aromatic rings. The normalized spacial score (nSPS) is 16.7. The molecule has 1 heterocycles. The topological polar surface area (TPSA) is 21.3 Å². The molecule has 0 saturated carbocycles. The van der Waals surface area contributed by atoms with Gasteiger partial charge in [-0.05, 0) is 55.2 Å². The average molecular weight is 271 g/mol. The van der Waals surface area contributed by atoms with Crippen LogP contribution in [-0.4, -0.2) is 7.11 Å². The number of rotatable bonds is 2. The summed E-state index contributed by atoms with van der Waals surface area (Å²) < 4.78 is 18.9. The summed E-state index contributed by atoms with van der Waals surface area (Å²) >= 11 is 0. The summed E-state index contributed by atoms with van der Waals surface area (Å²) in [6.45, 7) is 4.21. The van der Waals surface area contributed by atoms with Crippen LogP contribution in [0.15, 0.2) is 30.3 Å². The number of fused-ring (bicyclic) bond motifs is 1. The van der Waals surface area contributed by atoms with Crippen LogP contribution in [0.25, 0.3) is 0 Å².